The summed E-state index contributed by atoms with van der Waals surface area (Å²) in [6.45, 7) is 0. The highest BCUT2D eigenvalue weighted by Gasteiger charge is 2.31. The minimum atomic E-state index is -4.55. The maximum atomic E-state index is 12.8. The number of aromatic amines is 1. The molecule has 0 fully saturated rings. The maximum absolute atomic E-state index is 12.8. The van der Waals surface area contributed by atoms with Gasteiger partial charge >= 0.3 is 23.2 Å². The fourth-order valence-electron chi connectivity index (χ4n) is 2.52. The van der Waals surface area contributed by atoms with Gasteiger partial charge in [-0.2, -0.15) is 13.2 Å². The number of aromatic nitrogens is 3. The Labute approximate surface area is 178 Å². The molecule has 13 heteroatoms. The summed E-state index contributed by atoms with van der Waals surface area (Å²) in [4.78, 5) is 37.6. The average molecular weight is 480 g/mol. The number of rotatable bonds is 3. The molecule has 7 nitrogen and oxygen atoms in total. The lowest BCUT2D eigenvalue weighted by Crippen LogP contribution is -2.47. The Balaban J connectivity index is 2.08. The number of hydrogen-bond acceptors (Lipinski definition) is 4. The summed E-state index contributed by atoms with van der Waals surface area (Å²) in [6, 6.07) is 5.86. The van der Waals surface area contributed by atoms with Crippen molar-refractivity contribution in [1.29, 1.82) is 0 Å². The fraction of sp³-hybridized carbons (Fsp3) is 0.118. The average Bonchev–Trinajstić information content (AvgIpc) is 2.65. The molecule has 2 aromatic carbocycles. The third kappa shape index (κ3) is 4.06. The molecule has 158 valence electrons. The Hall–Kier alpha value is -2.47. The molecule has 1 aromatic heterocycles. The largest absolute Gasteiger partial charge is 0.606 e. The molecule has 30 heavy (non-hydrogen) atoms. The zero-order valence-corrected chi connectivity index (χ0v) is 17.1. The number of nitrogens with zero attached hydrogens (tertiary/aromatic N) is 2. The van der Waals surface area contributed by atoms with E-state index < -0.39 is 40.0 Å². The third-order valence-corrected chi connectivity index (χ3v) is 6.35. The molecule has 1 heterocycles. The summed E-state index contributed by atoms with van der Waals surface area (Å²) < 4.78 is 52.2. The van der Waals surface area contributed by atoms with E-state index in [1.165, 1.54) is 0 Å². The van der Waals surface area contributed by atoms with Gasteiger partial charge in [0, 0.05) is 18.2 Å². The molecule has 0 radical (unpaired) electrons. The highest BCUT2D eigenvalue weighted by Crippen LogP contribution is 2.36. The minimum absolute atomic E-state index is 0.0108. The van der Waals surface area contributed by atoms with Crippen molar-refractivity contribution >= 4 is 34.4 Å². The summed E-state index contributed by atoms with van der Waals surface area (Å²) in [5, 5.41) is -0.397. The predicted molar refractivity (Wildman–Crippen MR) is 104 cm³/mol. The van der Waals surface area contributed by atoms with Crippen LogP contribution in [-0.2, 0) is 24.4 Å². The van der Waals surface area contributed by atoms with Crippen LogP contribution in [0.5, 0.6) is 0 Å². The second kappa shape index (κ2) is 7.99. The maximum Gasteiger partial charge on any atom is 0.416 e. The summed E-state index contributed by atoms with van der Waals surface area (Å²) in [7, 11) is 1.15. The topological polar surface area (TPSA) is 99.9 Å². The minimum Gasteiger partial charge on any atom is -0.606 e. The molecule has 0 amide bonds. The van der Waals surface area contributed by atoms with Gasteiger partial charge in [-0.1, -0.05) is 23.2 Å². The van der Waals surface area contributed by atoms with E-state index in [0.29, 0.717) is 9.13 Å². The van der Waals surface area contributed by atoms with Gasteiger partial charge in [0.2, 0.25) is 0 Å². The van der Waals surface area contributed by atoms with Crippen molar-refractivity contribution < 1.29 is 17.7 Å². The van der Waals surface area contributed by atoms with Gasteiger partial charge in [0.15, 0.2) is 9.79 Å². The van der Waals surface area contributed by atoms with Crippen LogP contribution in [0.4, 0.5) is 13.2 Å². The Bertz CT molecular complexity index is 1280. The van der Waals surface area contributed by atoms with Crippen LogP contribution in [0.15, 0.2) is 60.6 Å². The van der Waals surface area contributed by atoms with E-state index in [1.807, 2.05) is 4.98 Å². The van der Waals surface area contributed by atoms with Crippen molar-refractivity contribution in [3.8, 4) is 5.69 Å². The van der Waals surface area contributed by atoms with Crippen LogP contribution in [0.3, 0.4) is 0 Å². The van der Waals surface area contributed by atoms with E-state index in [-0.39, 0.29) is 25.5 Å². The van der Waals surface area contributed by atoms with Crippen LogP contribution in [0.2, 0.25) is 10.0 Å². The second-order valence-corrected chi connectivity index (χ2v) is 8.17. The number of alkyl halides is 3. The Kier molecular flexibility index (Phi) is 5.92. The highest BCUT2D eigenvalue weighted by atomic mass is 35.5. The number of halogens is 5. The van der Waals surface area contributed by atoms with Gasteiger partial charge in [0.05, 0.1) is 21.3 Å². The molecule has 0 aliphatic carbocycles. The molecule has 1 unspecified atom stereocenters. The molecular formula is C17H10Cl2F3N3O4S. The molecular weight excluding hydrogens is 470 g/mol. The third-order valence-electron chi connectivity index (χ3n) is 4.02. The number of benzene rings is 2. The van der Waals surface area contributed by atoms with Gasteiger partial charge in [0.25, 0.3) is 0 Å². The Morgan fingerprint density at radius 1 is 1.00 bits per heavy atom. The van der Waals surface area contributed by atoms with Gasteiger partial charge in [-0.25, -0.2) is 23.5 Å². The molecule has 0 saturated carbocycles. The number of hydrogen-bond donors (Lipinski definition) is 1. The molecule has 0 bridgehead atoms. The van der Waals surface area contributed by atoms with Crippen molar-refractivity contribution in [3.63, 3.8) is 0 Å². The predicted octanol–water partition coefficient (Wildman–Crippen LogP) is 2.72. The molecule has 0 aliphatic rings. The second-order valence-electron chi connectivity index (χ2n) is 5.94. The van der Waals surface area contributed by atoms with Crippen molar-refractivity contribution in [2.75, 3.05) is 0 Å². The SMILES string of the molecule is Cn1c(=O)[nH]c(=O)n(-c2cc(Cl)c([S+]([O-])c3ccc(C(F)(F)F)cc3)c(Cl)c2)c1=O. The van der Waals surface area contributed by atoms with Crippen LogP contribution in [0.1, 0.15) is 5.56 Å². The smallest absolute Gasteiger partial charge is 0.416 e. The number of nitrogens with one attached hydrogen (secondary N) is 1. The van der Waals surface area contributed by atoms with Gasteiger partial charge in [-0.15, -0.1) is 0 Å². The quantitative estimate of drug-likeness (QED) is 0.583. The lowest BCUT2D eigenvalue weighted by Gasteiger charge is -2.15. The van der Waals surface area contributed by atoms with Gasteiger partial charge in [-0.05, 0) is 36.4 Å². The molecule has 3 rings (SSSR count). The molecule has 1 atom stereocenters. The summed E-state index contributed by atoms with van der Waals surface area (Å²) in [5.41, 5.74) is -3.93. The first-order valence-corrected chi connectivity index (χ1v) is 9.83. The first kappa shape index (κ1) is 22.2. The molecule has 0 saturated heterocycles. The van der Waals surface area contributed by atoms with E-state index in [1.54, 1.807) is 0 Å². The van der Waals surface area contributed by atoms with E-state index in [4.69, 9.17) is 23.2 Å². The summed E-state index contributed by atoms with van der Waals surface area (Å²) >= 11 is 10.3. The molecule has 0 spiro atoms. The first-order chi connectivity index (χ1) is 13.9. The highest BCUT2D eigenvalue weighted by molar-refractivity contribution is 7.91. The summed E-state index contributed by atoms with van der Waals surface area (Å²) in [6.07, 6.45) is -4.55. The van der Waals surface area contributed by atoms with Crippen LogP contribution in [-0.4, -0.2) is 18.7 Å². The van der Waals surface area contributed by atoms with Gasteiger partial charge in [0.1, 0.15) is 0 Å². The molecule has 3 aromatic rings. The molecule has 1 N–H and O–H groups in total. The van der Waals surface area contributed by atoms with E-state index in [2.05, 4.69) is 0 Å². The lowest BCUT2D eigenvalue weighted by atomic mass is 10.2. The van der Waals surface area contributed by atoms with Crippen LogP contribution in [0.25, 0.3) is 5.69 Å². The van der Waals surface area contributed by atoms with Crippen molar-refractivity contribution in [3.05, 3.63) is 83.5 Å². The lowest BCUT2D eigenvalue weighted by molar-refractivity contribution is -0.137. The van der Waals surface area contributed by atoms with Crippen molar-refractivity contribution in [2.24, 2.45) is 7.05 Å². The van der Waals surface area contributed by atoms with Gasteiger partial charge < -0.3 is 4.55 Å². The van der Waals surface area contributed by atoms with Crippen molar-refractivity contribution in [1.82, 2.24) is 14.1 Å². The van der Waals surface area contributed by atoms with E-state index in [0.717, 1.165) is 43.4 Å². The zero-order chi connectivity index (χ0) is 22.4. The standard InChI is InChI=1S/C17H10Cl2F3N3O4S/c1-24-14(26)23-15(27)25(16(24)28)9-6-11(18)13(12(19)7-9)30(29)10-4-2-8(3-5-10)17(20,21)22/h2-7H,1H3,(H,23,26,27). The normalized spacial score (nSPS) is 12.8. The zero-order valence-electron chi connectivity index (χ0n) is 14.8. The van der Waals surface area contributed by atoms with Crippen LogP contribution >= 0.6 is 23.2 Å². The molecule has 0 aliphatic heterocycles. The van der Waals surface area contributed by atoms with E-state index in [9.17, 15) is 32.1 Å². The number of H-pyrrole nitrogens is 1. The monoisotopic (exact) mass is 479 g/mol. The first-order valence-electron chi connectivity index (χ1n) is 7.92. The summed E-state index contributed by atoms with van der Waals surface area (Å²) in [5.74, 6) is 0. The Morgan fingerprint density at radius 3 is 2.03 bits per heavy atom. The van der Waals surface area contributed by atoms with Crippen LogP contribution < -0.4 is 17.1 Å². The Morgan fingerprint density at radius 2 is 1.53 bits per heavy atom. The fourth-order valence-corrected chi connectivity index (χ4v) is 4.51. The van der Waals surface area contributed by atoms with Gasteiger partial charge in [-0.3, -0.25) is 4.98 Å². The van der Waals surface area contributed by atoms with E-state index >= 15 is 0 Å². The van der Waals surface area contributed by atoms with Crippen LogP contribution in [0, 0.1) is 0 Å². The van der Waals surface area contributed by atoms with Crippen molar-refractivity contribution in [2.45, 2.75) is 16.0 Å².